The third-order valence-corrected chi connectivity index (χ3v) is 5.57. The highest BCUT2D eigenvalue weighted by atomic mass is 16.4. The molecule has 0 bridgehead atoms. The number of rotatable bonds is 17. The molecular weight excluding hydrogens is 484 g/mol. The molecule has 1 aromatic rings. The molecule has 0 aromatic heterocycles. The van der Waals surface area contributed by atoms with Gasteiger partial charge in [-0.2, -0.15) is 0 Å². The molecule has 0 saturated heterocycles. The average Bonchev–Trinajstić information content (AvgIpc) is 2.84. The van der Waals surface area contributed by atoms with Crippen LogP contribution in [-0.4, -0.2) is 76.6 Å². The van der Waals surface area contributed by atoms with Crippen LogP contribution in [0.1, 0.15) is 44.6 Å². The first-order valence-electron chi connectivity index (χ1n) is 12.1. The van der Waals surface area contributed by atoms with Gasteiger partial charge in [0.25, 0.3) is 0 Å². The summed E-state index contributed by atoms with van der Waals surface area (Å²) in [5.41, 5.74) is 17.6. The Labute approximate surface area is 215 Å². The zero-order chi connectivity index (χ0) is 28.0. The monoisotopic (exact) mass is 522 g/mol. The van der Waals surface area contributed by atoms with E-state index in [1.807, 2.05) is 30.3 Å². The van der Waals surface area contributed by atoms with E-state index in [1.54, 1.807) is 0 Å². The Hall–Kier alpha value is -3.55. The zero-order valence-corrected chi connectivity index (χ0v) is 20.9. The van der Waals surface area contributed by atoms with Gasteiger partial charge in [-0.05, 0) is 51.1 Å². The maximum absolute atomic E-state index is 13.1. The van der Waals surface area contributed by atoms with Crippen LogP contribution in [0.25, 0.3) is 0 Å². The Morgan fingerprint density at radius 1 is 0.892 bits per heavy atom. The van der Waals surface area contributed by atoms with Crippen molar-refractivity contribution in [1.29, 1.82) is 0 Å². The lowest BCUT2D eigenvalue weighted by atomic mass is 10.0. The lowest BCUT2D eigenvalue weighted by Crippen LogP contribution is -2.58. The SMILES string of the molecule is CC(O)C(NC(=O)C(CCC(N)=O)NC(=O)C(CCCCN)NC(=O)C(N)Cc1ccccc1)C(=O)O. The van der Waals surface area contributed by atoms with Crippen LogP contribution in [0, 0.1) is 0 Å². The lowest BCUT2D eigenvalue weighted by molar-refractivity contribution is -0.145. The van der Waals surface area contributed by atoms with Gasteiger partial charge in [-0.15, -0.1) is 0 Å². The van der Waals surface area contributed by atoms with E-state index in [4.69, 9.17) is 17.2 Å². The molecule has 1 aromatic carbocycles. The summed E-state index contributed by atoms with van der Waals surface area (Å²) in [6, 6.07) is 4.08. The number of amides is 4. The highest BCUT2D eigenvalue weighted by molar-refractivity contribution is 5.94. The van der Waals surface area contributed by atoms with Crippen molar-refractivity contribution >= 4 is 29.6 Å². The normalized spacial score (nSPS) is 14.9. The highest BCUT2D eigenvalue weighted by Crippen LogP contribution is 2.07. The van der Waals surface area contributed by atoms with E-state index in [-0.39, 0.29) is 25.7 Å². The molecule has 1 rings (SSSR count). The summed E-state index contributed by atoms with van der Waals surface area (Å²) < 4.78 is 0. The molecule has 0 aliphatic heterocycles. The van der Waals surface area contributed by atoms with Crippen molar-refractivity contribution in [3.05, 3.63) is 35.9 Å². The highest BCUT2D eigenvalue weighted by Gasteiger charge is 2.32. The van der Waals surface area contributed by atoms with Crippen LogP contribution in [0.15, 0.2) is 30.3 Å². The summed E-state index contributed by atoms with van der Waals surface area (Å²) in [5.74, 6) is -4.46. The van der Waals surface area contributed by atoms with Crippen LogP contribution >= 0.6 is 0 Å². The summed E-state index contributed by atoms with van der Waals surface area (Å²) >= 11 is 0. The number of nitrogens with two attached hydrogens (primary N) is 3. The number of nitrogens with one attached hydrogen (secondary N) is 3. The van der Waals surface area contributed by atoms with Crippen molar-refractivity contribution in [2.45, 2.75) is 75.7 Å². The second-order valence-corrected chi connectivity index (χ2v) is 8.77. The van der Waals surface area contributed by atoms with E-state index >= 15 is 0 Å². The minimum atomic E-state index is -1.64. The topological polar surface area (TPSA) is 240 Å². The molecule has 0 spiro atoms. The lowest BCUT2D eigenvalue weighted by Gasteiger charge is -2.25. The first-order valence-corrected chi connectivity index (χ1v) is 12.1. The van der Waals surface area contributed by atoms with Crippen molar-refractivity contribution in [3.63, 3.8) is 0 Å². The number of carboxylic acids is 1. The van der Waals surface area contributed by atoms with Crippen molar-refractivity contribution < 1.29 is 34.2 Å². The Balaban J connectivity index is 2.99. The number of aliphatic hydroxyl groups excluding tert-OH is 1. The van der Waals surface area contributed by atoms with Crippen molar-refractivity contribution in [3.8, 4) is 0 Å². The Morgan fingerprint density at radius 2 is 1.46 bits per heavy atom. The fourth-order valence-electron chi connectivity index (χ4n) is 3.47. The fraction of sp³-hybridized carbons (Fsp3) is 0.542. The van der Waals surface area contributed by atoms with Crippen molar-refractivity contribution in [2.75, 3.05) is 6.54 Å². The van der Waals surface area contributed by atoms with Crippen molar-refractivity contribution in [2.24, 2.45) is 17.2 Å². The maximum Gasteiger partial charge on any atom is 0.328 e. The maximum atomic E-state index is 13.1. The number of carbonyl (C=O) groups excluding carboxylic acids is 4. The van der Waals surface area contributed by atoms with Gasteiger partial charge in [-0.3, -0.25) is 19.2 Å². The van der Waals surface area contributed by atoms with Gasteiger partial charge in [-0.1, -0.05) is 30.3 Å². The van der Waals surface area contributed by atoms with Gasteiger partial charge in [0.05, 0.1) is 12.1 Å². The van der Waals surface area contributed by atoms with E-state index in [2.05, 4.69) is 16.0 Å². The molecule has 11 N–H and O–H groups in total. The number of unbranched alkanes of at least 4 members (excludes halogenated alkanes) is 1. The van der Waals surface area contributed by atoms with Gasteiger partial charge < -0.3 is 43.4 Å². The van der Waals surface area contributed by atoms with Gasteiger partial charge in [0.2, 0.25) is 23.6 Å². The molecule has 0 aliphatic carbocycles. The standard InChI is InChI=1S/C24H38N6O7/c1-14(31)20(24(36)37)30-23(35)18(10-11-19(27)32)29-22(34)17(9-5-6-12-25)28-21(33)16(26)13-15-7-3-2-4-8-15/h2-4,7-8,14,16-18,20,31H,5-6,9-13,25-26H2,1H3,(H2,27,32)(H,28,33)(H,29,34)(H,30,35)(H,36,37). The van der Waals surface area contributed by atoms with Gasteiger partial charge in [0.1, 0.15) is 12.1 Å². The number of primary amides is 1. The summed E-state index contributed by atoms with van der Waals surface area (Å²) in [7, 11) is 0. The van der Waals surface area contributed by atoms with Crippen LogP contribution in [-0.2, 0) is 30.4 Å². The number of aliphatic hydroxyl groups is 1. The predicted molar refractivity (Wildman–Crippen MR) is 135 cm³/mol. The molecule has 5 atom stereocenters. The van der Waals surface area contributed by atoms with E-state index in [1.165, 1.54) is 6.92 Å². The first-order chi connectivity index (χ1) is 17.5. The Bertz CT molecular complexity index is 912. The number of hydrogen-bond acceptors (Lipinski definition) is 8. The molecule has 0 aliphatic rings. The molecule has 4 amide bonds. The number of carbonyl (C=O) groups is 5. The smallest absolute Gasteiger partial charge is 0.328 e. The minimum absolute atomic E-state index is 0.197. The molecule has 13 heteroatoms. The minimum Gasteiger partial charge on any atom is -0.480 e. The van der Waals surface area contributed by atoms with Crippen LogP contribution in [0.5, 0.6) is 0 Å². The quantitative estimate of drug-likeness (QED) is 0.104. The number of hydrogen-bond donors (Lipinski definition) is 8. The van der Waals surface area contributed by atoms with E-state index in [0.29, 0.717) is 19.4 Å². The van der Waals surface area contributed by atoms with Gasteiger partial charge in [0, 0.05) is 6.42 Å². The fourth-order valence-corrected chi connectivity index (χ4v) is 3.47. The predicted octanol–water partition coefficient (Wildman–Crippen LogP) is -2.13. The summed E-state index contributed by atoms with van der Waals surface area (Å²) in [6.45, 7) is 1.55. The molecule has 206 valence electrons. The van der Waals surface area contributed by atoms with Gasteiger partial charge in [-0.25, -0.2) is 4.79 Å². The number of aliphatic carboxylic acids is 1. The van der Waals surface area contributed by atoms with Crippen LogP contribution in [0.4, 0.5) is 0 Å². The summed E-state index contributed by atoms with van der Waals surface area (Å²) in [5, 5.41) is 26.1. The molecular formula is C24H38N6O7. The number of carboxylic acid groups (broad SMARTS) is 1. The third kappa shape index (κ3) is 11.8. The molecule has 0 radical (unpaired) electrons. The second-order valence-electron chi connectivity index (χ2n) is 8.77. The van der Waals surface area contributed by atoms with E-state index in [0.717, 1.165) is 5.56 Å². The average molecular weight is 523 g/mol. The molecule has 0 heterocycles. The van der Waals surface area contributed by atoms with Crippen LogP contribution in [0.3, 0.4) is 0 Å². The van der Waals surface area contributed by atoms with Gasteiger partial charge in [0.15, 0.2) is 6.04 Å². The third-order valence-electron chi connectivity index (χ3n) is 5.57. The Kier molecular flexibility index (Phi) is 13.8. The Morgan fingerprint density at radius 3 is 2.00 bits per heavy atom. The van der Waals surface area contributed by atoms with Crippen molar-refractivity contribution in [1.82, 2.24) is 16.0 Å². The largest absolute Gasteiger partial charge is 0.480 e. The van der Waals surface area contributed by atoms with E-state index < -0.39 is 59.9 Å². The zero-order valence-electron chi connectivity index (χ0n) is 20.9. The van der Waals surface area contributed by atoms with Gasteiger partial charge >= 0.3 is 5.97 Å². The van der Waals surface area contributed by atoms with E-state index in [9.17, 15) is 34.2 Å². The molecule has 37 heavy (non-hydrogen) atoms. The summed E-state index contributed by atoms with van der Waals surface area (Å²) in [6.07, 6.45) is -0.429. The van der Waals surface area contributed by atoms with Crippen LogP contribution < -0.4 is 33.2 Å². The molecule has 0 fully saturated rings. The number of benzene rings is 1. The second kappa shape index (κ2) is 16.2. The molecule has 0 saturated carbocycles. The molecule has 13 nitrogen and oxygen atoms in total. The van der Waals surface area contributed by atoms with Crippen LogP contribution in [0.2, 0.25) is 0 Å². The first kappa shape index (κ1) is 31.5. The molecule has 5 unspecified atom stereocenters. The summed E-state index contributed by atoms with van der Waals surface area (Å²) in [4.78, 5) is 61.3.